The first-order valence-corrected chi connectivity index (χ1v) is 12.3. The maximum Gasteiger partial charge on any atom is 0.419 e. The number of nitriles is 1. The molecular formula is C27H30N4O6. The summed E-state index contributed by atoms with van der Waals surface area (Å²) >= 11 is 0. The summed E-state index contributed by atoms with van der Waals surface area (Å²) in [6.07, 6.45) is 1.81. The van der Waals surface area contributed by atoms with Crippen molar-refractivity contribution in [2.75, 3.05) is 20.3 Å². The lowest BCUT2D eigenvalue weighted by Crippen LogP contribution is -2.53. The number of ether oxygens (including phenoxy) is 1. The van der Waals surface area contributed by atoms with Crippen LogP contribution in [0.25, 0.3) is 22.2 Å². The highest BCUT2D eigenvalue weighted by Gasteiger charge is 2.33. The minimum absolute atomic E-state index is 0.294. The predicted molar refractivity (Wildman–Crippen MR) is 136 cm³/mol. The fourth-order valence-corrected chi connectivity index (χ4v) is 4.72. The Hall–Kier alpha value is -4.10. The smallest absolute Gasteiger partial charge is 0.419 e. The number of aryl methyl sites for hydroxylation is 1. The molecule has 0 aliphatic carbocycles. The Morgan fingerprint density at radius 2 is 1.97 bits per heavy atom. The van der Waals surface area contributed by atoms with Gasteiger partial charge in [-0.05, 0) is 54.5 Å². The van der Waals surface area contributed by atoms with Gasteiger partial charge in [0.05, 0.1) is 11.6 Å². The number of rotatable bonds is 9. The number of carboxylic acid groups (broad SMARTS) is 1. The molecule has 10 heteroatoms. The third kappa shape index (κ3) is 6.01. The van der Waals surface area contributed by atoms with Crippen molar-refractivity contribution in [3.05, 3.63) is 58.6 Å². The zero-order valence-electron chi connectivity index (χ0n) is 20.7. The molecule has 1 aliphatic rings. The van der Waals surface area contributed by atoms with E-state index in [1.54, 1.807) is 17.7 Å². The Kier molecular flexibility index (Phi) is 8.25. The largest absolute Gasteiger partial charge is 0.465 e. The minimum atomic E-state index is -1.12. The third-order valence-corrected chi connectivity index (χ3v) is 6.65. The van der Waals surface area contributed by atoms with Crippen LogP contribution in [0.5, 0.6) is 0 Å². The van der Waals surface area contributed by atoms with E-state index in [4.69, 9.17) is 9.15 Å². The van der Waals surface area contributed by atoms with Gasteiger partial charge in [-0.1, -0.05) is 30.3 Å². The minimum Gasteiger partial charge on any atom is -0.465 e. The van der Waals surface area contributed by atoms with E-state index in [9.17, 15) is 24.8 Å². The van der Waals surface area contributed by atoms with Crippen LogP contribution in [0.2, 0.25) is 0 Å². The number of fused-ring (bicyclic) bond motifs is 1. The summed E-state index contributed by atoms with van der Waals surface area (Å²) in [7, 11) is 1.62. The molecule has 1 fully saturated rings. The molecule has 1 aliphatic heterocycles. The second kappa shape index (κ2) is 11.8. The van der Waals surface area contributed by atoms with Crippen LogP contribution in [0.4, 0.5) is 4.79 Å². The topological polar surface area (TPSA) is 138 Å². The van der Waals surface area contributed by atoms with Crippen LogP contribution < -0.4 is 11.1 Å². The van der Waals surface area contributed by atoms with Crippen molar-refractivity contribution in [2.45, 2.75) is 50.7 Å². The molecule has 3 aromatic rings. The van der Waals surface area contributed by atoms with Crippen molar-refractivity contribution in [1.29, 1.82) is 5.26 Å². The predicted octanol–water partition coefficient (Wildman–Crippen LogP) is 3.38. The van der Waals surface area contributed by atoms with Crippen molar-refractivity contribution in [3.8, 4) is 17.2 Å². The first-order chi connectivity index (χ1) is 17.9. The number of amides is 2. The zero-order valence-corrected chi connectivity index (χ0v) is 20.7. The van der Waals surface area contributed by atoms with Gasteiger partial charge < -0.3 is 19.6 Å². The van der Waals surface area contributed by atoms with E-state index < -0.39 is 29.8 Å². The number of hydrogen-bond donors (Lipinski definition) is 2. The number of piperidine rings is 1. The first kappa shape index (κ1) is 26.0. The summed E-state index contributed by atoms with van der Waals surface area (Å²) in [4.78, 5) is 37.6. The van der Waals surface area contributed by atoms with Crippen LogP contribution in [-0.4, -0.2) is 58.9 Å². The zero-order chi connectivity index (χ0) is 26.4. The number of nitrogens with one attached hydrogen (secondary N) is 1. The fraction of sp³-hybridized carbons (Fsp3) is 0.407. The molecule has 1 saturated heterocycles. The van der Waals surface area contributed by atoms with Gasteiger partial charge >= 0.3 is 11.8 Å². The van der Waals surface area contributed by atoms with Crippen LogP contribution in [0.15, 0.2) is 51.7 Å². The molecule has 2 N–H and O–H groups in total. The quantitative estimate of drug-likeness (QED) is 0.424. The summed E-state index contributed by atoms with van der Waals surface area (Å²) < 4.78 is 12.0. The van der Waals surface area contributed by atoms with E-state index in [2.05, 4.69) is 11.4 Å². The highest BCUT2D eigenvalue weighted by atomic mass is 16.5. The molecule has 2 amide bonds. The average Bonchev–Trinajstić information content (AvgIpc) is 3.22. The number of benzene rings is 2. The van der Waals surface area contributed by atoms with Crippen LogP contribution in [-0.2, 0) is 22.5 Å². The standard InChI is InChI=1S/C27H30N4O6/c1-36-14-4-13-31-23-16-20(10-11-24(23)37-27(31)35)19-8-6-18(7-9-19)15-21(17-28)29-25(32)22-5-2-3-12-30(22)26(33)34/h6-11,16,21-22H,2-5,12-15H2,1H3,(H,29,32)(H,33,34)/t21-,22?/m0/s1. The van der Waals surface area contributed by atoms with Gasteiger partial charge in [-0.15, -0.1) is 0 Å². The van der Waals surface area contributed by atoms with Crippen LogP contribution in [0, 0.1) is 11.3 Å². The van der Waals surface area contributed by atoms with E-state index >= 15 is 0 Å². The molecule has 0 spiro atoms. The Morgan fingerprint density at radius 1 is 1.22 bits per heavy atom. The molecule has 37 heavy (non-hydrogen) atoms. The van der Waals surface area contributed by atoms with Crippen molar-refractivity contribution in [3.63, 3.8) is 0 Å². The second-order valence-corrected chi connectivity index (χ2v) is 9.13. The molecule has 10 nitrogen and oxygen atoms in total. The second-order valence-electron chi connectivity index (χ2n) is 9.13. The Labute approximate surface area is 214 Å². The van der Waals surface area contributed by atoms with E-state index in [0.717, 1.165) is 34.4 Å². The van der Waals surface area contributed by atoms with Gasteiger partial charge in [-0.25, -0.2) is 9.59 Å². The lowest BCUT2D eigenvalue weighted by atomic mass is 9.99. The maximum absolute atomic E-state index is 12.7. The molecule has 0 bridgehead atoms. The summed E-state index contributed by atoms with van der Waals surface area (Å²) in [5.41, 5.74) is 3.94. The number of aromatic nitrogens is 1. The molecule has 0 radical (unpaired) electrons. The lowest BCUT2D eigenvalue weighted by Gasteiger charge is -2.32. The van der Waals surface area contributed by atoms with Crippen molar-refractivity contribution < 1.29 is 23.8 Å². The molecular weight excluding hydrogens is 476 g/mol. The average molecular weight is 507 g/mol. The highest BCUT2D eigenvalue weighted by Crippen LogP contribution is 2.25. The van der Waals surface area contributed by atoms with E-state index in [-0.39, 0.29) is 0 Å². The van der Waals surface area contributed by atoms with Gasteiger partial charge in [0.1, 0.15) is 12.1 Å². The number of carbonyl (C=O) groups excluding carboxylic acids is 1. The van der Waals surface area contributed by atoms with Crippen molar-refractivity contribution in [1.82, 2.24) is 14.8 Å². The molecule has 194 valence electrons. The summed E-state index contributed by atoms with van der Waals surface area (Å²) in [6, 6.07) is 13.8. The van der Waals surface area contributed by atoms with Gasteiger partial charge in [-0.2, -0.15) is 5.26 Å². The van der Waals surface area contributed by atoms with E-state index in [1.807, 2.05) is 36.4 Å². The molecule has 2 aromatic carbocycles. The van der Waals surface area contributed by atoms with E-state index in [0.29, 0.717) is 50.1 Å². The molecule has 2 atom stereocenters. The van der Waals surface area contributed by atoms with Crippen LogP contribution in [0.3, 0.4) is 0 Å². The van der Waals surface area contributed by atoms with Gasteiger partial charge in [0.15, 0.2) is 5.58 Å². The van der Waals surface area contributed by atoms with Gasteiger partial charge in [-0.3, -0.25) is 14.3 Å². The van der Waals surface area contributed by atoms with Gasteiger partial charge in [0.2, 0.25) is 5.91 Å². The van der Waals surface area contributed by atoms with Crippen molar-refractivity contribution in [2.24, 2.45) is 0 Å². The SMILES string of the molecule is COCCCn1c(=O)oc2ccc(-c3ccc(C[C@@H](C#N)NC(=O)C4CCCCN4C(=O)O)cc3)cc21. The number of hydrogen-bond acceptors (Lipinski definition) is 6. The molecule has 2 heterocycles. The number of oxazole rings is 1. The normalized spacial score (nSPS) is 16.3. The Morgan fingerprint density at radius 3 is 2.68 bits per heavy atom. The van der Waals surface area contributed by atoms with Crippen LogP contribution >= 0.6 is 0 Å². The monoisotopic (exact) mass is 506 g/mol. The van der Waals surface area contributed by atoms with Gasteiger partial charge in [0, 0.05) is 33.2 Å². The summed E-state index contributed by atoms with van der Waals surface area (Å²) in [5.74, 6) is -0.835. The highest BCUT2D eigenvalue weighted by molar-refractivity contribution is 5.86. The van der Waals surface area contributed by atoms with E-state index in [1.165, 1.54) is 0 Å². The summed E-state index contributed by atoms with van der Waals surface area (Å²) in [5, 5.41) is 21.7. The fourth-order valence-electron chi connectivity index (χ4n) is 4.72. The maximum atomic E-state index is 12.7. The van der Waals surface area contributed by atoms with Crippen molar-refractivity contribution >= 4 is 23.1 Å². The van der Waals surface area contributed by atoms with Gasteiger partial charge in [0.25, 0.3) is 0 Å². The summed E-state index contributed by atoms with van der Waals surface area (Å²) in [6.45, 7) is 1.36. The lowest BCUT2D eigenvalue weighted by molar-refractivity contribution is -0.127. The first-order valence-electron chi connectivity index (χ1n) is 12.3. The number of methoxy groups -OCH3 is 1. The van der Waals surface area contributed by atoms with Crippen LogP contribution in [0.1, 0.15) is 31.2 Å². The third-order valence-electron chi connectivity index (χ3n) is 6.65. The number of likely N-dealkylation sites (tertiary alicyclic amines) is 1. The molecule has 4 rings (SSSR count). The Bertz CT molecular complexity index is 1350. The number of nitrogens with zero attached hydrogens (tertiary/aromatic N) is 3. The Balaban J connectivity index is 1.45. The molecule has 0 saturated carbocycles. The number of carbonyl (C=O) groups is 2. The molecule has 1 aromatic heterocycles. The molecule has 1 unspecified atom stereocenters.